The van der Waals surface area contributed by atoms with Gasteiger partial charge in [-0.25, -0.2) is 26.9 Å². The van der Waals surface area contributed by atoms with Crippen molar-refractivity contribution in [1.82, 2.24) is 25.0 Å². The van der Waals surface area contributed by atoms with Gasteiger partial charge in [0, 0.05) is 57.6 Å². The highest BCUT2D eigenvalue weighted by atomic mass is 32.2. The summed E-state index contributed by atoms with van der Waals surface area (Å²) in [5.41, 5.74) is 3.24. The highest BCUT2D eigenvalue weighted by Crippen LogP contribution is 2.54. The predicted molar refractivity (Wildman–Crippen MR) is 171 cm³/mol. The number of benzene rings is 1. The van der Waals surface area contributed by atoms with Gasteiger partial charge in [0.15, 0.2) is 0 Å². The Morgan fingerprint density at radius 1 is 0.979 bits per heavy atom. The molecule has 47 heavy (non-hydrogen) atoms. The first-order valence-corrected chi connectivity index (χ1v) is 17.9. The van der Waals surface area contributed by atoms with Crippen LogP contribution in [0.4, 0.5) is 26.1 Å². The zero-order valence-electron chi connectivity index (χ0n) is 26.2. The average molecular weight is 675 g/mol. The Labute approximate surface area is 272 Å². The second-order valence-corrected chi connectivity index (χ2v) is 15.0. The summed E-state index contributed by atoms with van der Waals surface area (Å²) in [5.74, 6) is -2.24. The molecule has 1 aliphatic carbocycles. The number of alkyl halides is 2. The molecular formula is C31H40F2N8O5S. The van der Waals surface area contributed by atoms with E-state index < -0.39 is 28.3 Å². The standard InChI is InChI=1S/C31H40F2N8O5S/c32-31(33)8-12-40(13-9-31)29-34-24(18-28(35-29)46-21-22-3-15-45-20-22)25-19-41(38-36-25)26-2-1-23(37-47(43,44)16-14-42)17-27(26)39-10-6-30(4-5-30)7-11-39/h1-2,17-19,22,37,42H,3-16,20-21H2. The first kappa shape index (κ1) is 31.9. The average Bonchev–Trinajstić information content (AvgIpc) is 3.41. The Hall–Kier alpha value is -3.63. The highest BCUT2D eigenvalue weighted by molar-refractivity contribution is 7.92. The summed E-state index contributed by atoms with van der Waals surface area (Å²) in [6.07, 6.45) is 6.71. The lowest BCUT2D eigenvalue weighted by atomic mass is 9.93. The van der Waals surface area contributed by atoms with Gasteiger partial charge in [0.25, 0.3) is 5.92 Å². The van der Waals surface area contributed by atoms with Crippen LogP contribution >= 0.6 is 0 Å². The van der Waals surface area contributed by atoms with E-state index in [9.17, 15) is 22.3 Å². The van der Waals surface area contributed by atoms with E-state index in [1.807, 2.05) is 0 Å². The third kappa shape index (κ3) is 7.44. The molecule has 2 aromatic heterocycles. The monoisotopic (exact) mass is 674 g/mol. The minimum absolute atomic E-state index is 0.119. The van der Waals surface area contributed by atoms with Crippen molar-refractivity contribution in [2.75, 3.05) is 72.9 Å². The van der Waals surface area contributed by atoms with Crippen LogP contribution in [-0.4, -0.2) is 103 Å². The minimum atomic E-state index is -3.72. The van der Waals surface area contributed by atoms with E-state index in [1.165, 1.54) is 12.8 Å². The molecule has 1 atom stereocenters. The van der Waals surface area contributed by atoms with Crippen LogP contribution in [-0.2, 0) is 14.8 Å². The summed E-state index contributed by atoms with van der Waals surface area (Å²) in [6, 6.07) is 6.94. The zero-order chi connectivity index (χ0) is 32.6. The van der Waals surface area contributed by atoms with E-state index >= 15 is 0 Å². The number of halogens is 2. The van der Waals surface area contributed by atoms with Crippen molar-refractivity contribution < 1.29 is 31.8 Å². The maximum Gasteiger partial charge on any atom is 0.251 e. The first-order chi connectivity index (χ1) is 22.6. The predicted octanol–water partition coefficient (Wildman–Crippen LogP) is 3.49. The molecule has 13 nitrogen and oxygen atoms in total. The van der Waals surface area contributed by atoms with Crippen LogP contribution in [0.3, 0.4) is 0 Å². The number of hydrogen-bond acceptors (Lipinski definition) is 11. The molecule has 0 amide bonds. The summed E-state index contributed by atoms with van der Waals surface area (Å²) in [6.45, 7) is 3.14. The third-order valence-electron chi connectivity index (χ3n) is 9.69. The summed E-state index contributed by atoms with van der Waals surface area (Å²) in [7, 11) is -3.72. The van der Waals surface area contributed by atoms with Crippen molar-refractivity contribution in [3.63, 3.8) is 0 Å². The smallest absolute Gasteiger partial charge is 0.251 e. The molecule has 0 radical (unpaired) electrons. The van der Waals surface area contributed by atoms with E-state index in [2.05, 4.69) is 24.9 Å². The van der Waals surface area contributed by atoms with Crippen LogP contribution in [0.25, 0.3) is 17.1 Å². The summed E-state index contributed by atoms with van der Waals surface area (Å²) < 4.78 is 68.5. The van der Waals surface area contributed by atoms with Gasteiger partial charge in [-0.2, -0.15) is 4.98 Å². The largest absolute Gasteiger partial charge is 0.477 e. The highest BCUT2D eigenvalue weighted by Gasteiger charge is 2.44. The van der Waals surface area contributed by atoms with Gasteiger partial charge in [-0.15, -0.1) is 5.10 Å². The molecule has 0 bridgehead atoms. The Morgan fingerprint density at radius 2 is 1.74 bits per heavy atom. The van der Waals surface area contributed by atoms with Gasteiger partial charge in [-0.3, -0.25) is 4.72 Å². The molecule has 5 heterocycles. The maximum atomic E-state index is 14.0. The fourth-order valence-electron chi connectivity index (χ4n) is 6.49. The maximum absolute atomic E-state index is 14.0. The Balaban J connectivity index is 1.19. The molecule has 3 aliphatic heterocycles. The van der Waals surface area contributed by atoms with Gasteiger partial charge in [0.2, 0.25) is 21.9 Å². The SMILES string of the molecule is O=S(=O)(CCO)Nc1ccc(-n2cc(-c3cc(OCC4CCOC4)nc(N4CCC(F)(F)CC4)n3)nn2)c(N2CCC3(CC2)CC3)c1. The Morgan fingerprint density at radius 3 is 2.45 bits per heavy atom. The van der Waals surface area contributed by atoms with Crippen LogP contribution in [0.15, 0.2) is 30.5 Å². The molecule has 3 aromatic rings. The lowest BCUT2D eigenvalue weighted by Gasteiger charge is -2.35. The fourth-order valence-corrected chi connectivity index (χ4v) is 7.32. The van der Waals surface area contributed by atoms with E-state index in [4.69, 9.17) is 14.5 Å². The molecule has 4 fully saturated rings. The number of aliphatic hydroxyl groups is 1. The Bertz CT molecular complexity index is 1680. The normalized spacial score (nSPS) is 22.1. The number of ether oxygens (including phenoxy) is 2. The second-order valence-electron chi connectivity index (χ2n) is 13.2. The molecule has 3 saturated heterocycles. The third-order valence-corrected chi connectivity index (χ3v) is 11.0. The number of rotatable bonds is 11. The number of nitrogens with one attached hydrogen (secondary N) is 1. The number of anilines is 3. The first-order valence-electron chi connectivity index (χ1n) is 16.3. The molecule has 1 aromatic carbocycles. The summed E-state index contributed by atoms with van der Waals surface area (Å²) in [4.78, 5) is 13.3. The van der Waals surface area contributed by atoms with E-state index in [1.54, 1.807) is 40.0 Å². The number of aromatic nitrogens is 5. The van der Waals surface area contributed by atoms with Gasteiger partial charge in [-0.05, 0) is 55.7 Å². The van der Waals surface area contributed by atoms with Gasteiger partial charge < -0.3 is 24.4 Å². The molecule has 7 rings (SSSR count). The van der Waals surface area contributed by atoms with E-state index in [0.717, 1.165) is 38.0 Å². The molecule has 16 heteroatoms. The molecule has 254 valence electrons. The number of hydrogen-bond donors (Lipinski definition) is 2. The quantitative estimate of drug-likeness (QED) is 0.308. The number of aliphatic hydroxyl groups excluding tert-OH is 1. The van der Waals surface area contributed by atoms with Crippen molar-refractivity contribution in [2.45, 2.75) is 50.9 Å². The zero-order valence-corrected chi connectivity index (χ0v) is 27.0. The van der Waals surface area contributed by atoms with Crippen LogP contribution in [0.2, 0.25) is 0 Å². The fraction of sp³-hybridized carbons (Fsp3) is 0.613. The molecular weight excluding hydrogens is 634 g/mol. The van der Waals surface area contributed by atoms with Crippen molar-refractivity contribution >= 4 is 27.3 Å². The number of sulfonamides is 1. The molecule has 1 unspecified atom stereocenters. The van der Waals surface area contributed by atoms with E-state index in [-0.39, 0.29) is 31.8 Å². The van der Waals surface area contributed by atoms with E-state index in [0.29, 0.717) is 59.8 Å². The minimum Gasteiger partial charge on any atom is -0.477 e. The van der Waals surface area contributed by atoms with Gasteiger partial charge in [-0.1, -0.05) is 5.21 Å². The van der Waals surface area contributed by atoms with Crippen molar-refractivity contribution in [2.24, 2.45) is 11.3 Å². The number of nitrogens with zero attached hydrogens (tertiary/aromatic N) is 7. The lowest BCUT2D eigenvalue weighted by Crippen LogP contribution is -2.40. The second kappa shape index (κ2) is 12.8. The van der Waals surface area contributed by atoms with Gasteiger partial charge in [0.1, 0.15) is 11.4 Å². The van der Waals surface area contributed by atoms with Gasteiger partial charge in [0.05, 0.1) is 48.8 Å². The van der Waals surface area contributed by atoms with Crippen LogP contribution in [0.5, 0.6) is 5.88 Å². The van der Waals surface area contributed by atoms with Crippen molar-refractivity contribution in [1.29, 1.82) is 0 Å². The van der Waals surface area contributed by atoms with Crippen LogP contribution in [0, 0.1) is 11.3 Å². The van der Waals surface area contributed by atoms with Gasteiger partial charge >= 0.3 is 0 Å². The Kier molecular flexibility index (Phi) is 8.68. The summed E-state index contributed by atoms with van der Waals surface area (Å²) in [5, 5.41) is 18.0. The summed E-state index contributed by atoms with van der Waals surface area (Å²) >= 11 is 0. The molecule has 4 aliphatic rings. The molecule has 2 N–H and O–H groups in total. The van der Waals surface area contributed by atoms with Crippen LogP contribution in [0.1, 0.15) is 44.9 Å². The van der Waals surface area contributed by atoms with Crippen LogP contribution < -0.4 is 19.3 Å². The van der Waals surface area contributed by atoms with Crippen molar-refractivity contribution in [3.8, 4) is 23.0 Å². The number of piperidine rings is 2. The lowest BCUT2D eigenvalue weighted by molar-refractivity contribution is -0.0222. The van der Waals surface area contributed by atoms with Crippen molar-refractivity contribution in [3.05, 3.63) is 30.5 Å². The topological polar surface area (TPSA) is 148 Å². The molecule has 1 saturated carbocycles. The molecule has 1 spiro atoms.